The lowest BCUT2D eigenvalue weighted by Gasteiger charge is -2.22. The number of hydrogen-bond acceptors (Lipinski definition) is 3. The van der Waals surface area contributed by atoms with E-state index in [0.717, 1.165) is 54.2 Å². The largest absolute Gasteiger partial charge is 0.508 e. The fourth-order valence-electron chi connectivity index (χ4n) is 3.65. The van der Waals surface area contributed by atoms with Crippen molar-refractivity contribution < 1.29 is 9.52 Å². The summed E-state index contributed by atoms with van der Waals surface area (Å²) in [5.41, 5.74) is 3.26. The topological polar surface area (TPSA) is 50.4 Å². The highest BCUT2D eigenvalue weighted by atomic mass is 16.4. The third-order valence-electron chi connectivity index (χ3n) is 5.06. The summed E-state index contributed by atoms with van der Waals surface area (Å²) in [7, 11) is 0. The first-order valence-electron chi connectivity index (χ1n) is 8.90. The van der Waals surface area contributed by atoms with Gasteiger partial charge in [0, 0.05) is 17.0 Å². The normalized spacial score (nSPS) is 17.4. The predicted molar refractivity (Wildman–Crippen MR) is 93.2 cm³/mol. The Morgan fingerprint density at radius 1 is 1.22 bits per heavy atom. The first-order valence-corrected chi connectivity index (χ1v) is 8.90. The number of rotatable bonds is 5. The minimum Gasteiger partial charge on any atom is -0.508 e. The van der Waals surface area contributed by atoms with Crippen molar-refractivity contribution in [2.75, 3.05) is 0 Å². The van der Waals surface area contributed by atoms with E-state index in [4.69, 9.17) is 4.42 Å². The molecule has 0 radical (unpaired) electrons. The molecule has 1 aliphatic carbocycles. The first kappa shape index (κ1) is 16.1. The van der Waals surface area contributed by atoms with E-state index in [0.29, 0.717) is 11.5 Å². The minimum atomic E-state index is -0.227. The lowest BCUT2D eigenvalue weighted by atomic mass is 9.84. The minimum absolute atomic E-state index is 0.227. The highest BCUT2D eigenvalue weighted by Crippen LogP contribution is 2.33. The summed E-state index contributed by atoms with van der Waals surface area (Å²) in [5, 5.41) is 11.3. The van der Waals surface area contributed by atoms with Gasteiger partial charge in [0.25, 0.3) is 0 Å². The Bertz CT molecular complexity index is 758. The number of phenolic OH excluding ortho intramolecular Hbond substituents is 1. The molecule has 0 amide bonds. The zero-order valence-electron chi connectivity index (χ0n) is 14.2. The highest BCUT2D eigenvalue weighted by molar-refractivity contribution is 5.84. The third-order valence-corrected chi connectivity index (χ3v) is 5.06. The molecule has 0 aliphatic heterocycles. The molecule has 124 valence electrons. The van der Waals surface area contributed by atoms with Crippen molar-refractivity contribution in [2.24, 2.45) is 5.92 Å². The Hall–Kier alpha value is -1.77. The van der Waals surface area contributed by atoms with Gasteiger partial charge in [-0.15, -0.1) is 0 Å². The average Bonchev–Trinajstić information content (AvgIpc) is 2.52. The van der Waals surface area contributed by atoms with E-state index < -0.39 is 0 Å². The Morgan fingerprint density at radius 2 is 2.04 bits per heavy atom. The molecule has 0 bridgehead atoms. The van der Waals surface area contributed by atoms with Crippen molar-refractivity contribution in [1.82, 2.24) is 0 Å². The van der Waals surface area contributed by atoms with Gasteiger partial charge in [-0.3, -0.25) is 0 Å². The molecule has 1 N–H and O–H groups in total. The van der Waals surface area contributed by atoms with Crippen molar-refractivity contribution >= 4 is 11.0 Å². The fourth-order valence-corrected chi connectivity index (χ4v) is 3.65. The number of benzene rings is 1. The predicted octanol–water partition coefficient (Wildman–Crippen LogP) is 4.75. The van der Waals surface area contributed by atoms with Gasteiger partial charge in [0.15, 0.2) is 0 Å². The number of unbranched alkanes of at least 4 members (excludes halogenated alkanes) is 3. The molecule has 23 heavy (non-hydrogen) atoms. The third kappa shape index (κ3) is 3.29. The first-order chi connectivity index (χ1) is 11.1. The van der Waals surface area contributed by atoms with Crippen LogP contribution < -0.4 is 5.63 Å². The van der Waals surface area contributed by atoms with Crippen LogP contribution >= 0.6 is 0 Å². The van der Waals surface area contributed by atoms with Crippen LogP contribution in [0.2, 0.25) is 0 Å². The monoisotopic (exact) mass is 314 g/mol. The van der Waals surface area contributed by atoms with Gasteiger partial charge in [0.1, 0.15) is 11.3 Å². The Labute approximate surface area is 137 Å². The van der Waals surface area contributed by atoms with Crippen LogP contribution in [-0.2, 0) is 19.3 Å². The second-order valence-corrected chi connectivity index (χ2v) is 6.98. The van der Waals surface area contributed by atoms with Gasteiger partial charge in [-0.2, -0.15) is 0 Å². The van der Waals surface area contributed by atoms with E-state index in [2.05, 4.69) is 19.9 Å². The van der Waals surface area contributed by atoms with Gasteiger partial charge in [0.2, 0.25) is 0 Å². The zero-order valence-corrected chi connectivity index (χ0v) is 14.2. The molecule has 1 aliphatic rings. The van der Waals surface area contributed by atoms with Crippen LogP contribution in [0.15, 0.2) is 21.3 Å². The van der Waals surface area contributed by atoms with Crippen molar-refractivity contribution in [3.8, 4) is 5.75 Å². The molecule has 1 aromatic carbocycles. The van der Waals surface area contributed by atoms with Crippen LogP contribution in [0.3, 0.4) is 0 Å². The second kappa shape index (κ2) is 6.77. The maximum atomic E-state index is 12.2. The molecule has 3 rings (SSSR count). The van der Waals surface area contributed by atoms with Crippen LogP contribution in [0.5, 0.6) is 5.75 Å². The molecule has 1 aromatic heterocycles. The number of fused-ring (bicyclic) bond motifs is 3. The van der Waals surface area contributed by atoms with Gasteiger partial charge < -0.3 is 9.52 Å². The quantitative estimate of drug-likeness (QED) is 0.640. The van der Waals surface area contributed by atoms with Gasteiger partial charge in [-0.1, -0.05) is 33.1 Å². The highest BCUT2D eigenvalue weighted by Gasteiger charge is 2.22. The number of aromatic hydroxyl groups is 1. The van der Waals surface area contributed by atoms with E-state index in [-0.39, 0.29) is 11.4 Å². The number of aryl methyl sites for hydroxylation is 1. The Morgan fingerprint density at radius 3 is 2.83 bits per heavy atom. The summed E-state index contributed by atoms with van der Waals surface area (Å²) in [4.78, 5) is 12.2. The van der Waals surface area contributed by atoms with Crippen molar-refractivity contribution in [2.45, 2.75) is 65.2 Å². The summed E-state index contributed by atoms with van der Waals surface area (Å²) in [6.45, 7) is 4.43. The van der Waals surface area contributed by atoms with Crippen molar-refractivity contribution in [3.05, 3.63) is 39.2 Å². The average molecular weight is 314 g/mol. The SMILES string of the molecule is CCCCCCc1cc2c3c(c(=O)oc2cc1O)CCC(C)C3. The molecule has 1 heterocycles. The van der Waals surface area contributed by atoms with E-state index in [9.17, 15) is 9.90 Å². The molecule has 0 fully saturated rings. The molecule has 1 unspecified atom stereocenters. The number of hydrogen-bond donors (Lipinski definition) is 1. The molecular weight excluding hydrogens is 288 g/mol. The summed E-state index contributed by atoms with van der Waals surface area (Å²) in [5.74, 6) is 0.843. The van der Waals surface area contributed by atoms with Crippen LogP contribution in [0.25, 0.3) is 11.0 Å². The van der Waals surface area contributed by atoms with Gasteiger partial charge >= 0.3 is 5.63 Å². The molecule has 0 saturated heterocycles. The molecule has 1 atom stereocenters. The molecule has 2 aromatic rings. The van der Waals surface area contributed by atoms with Crippen molar-refractivity contribution in [3.63, 3.8) is 0 Å². The standard InChI is InChI=1S/C20H26O3/c1-3-4-5-6-7-14-11-17-16-10-13(2)8-9-15(16)20(22)23-19(17)12-18(14)21/h11-13,21H,3-10H2,1-2H3. The van der Waals surface area contributed by atoms with E-state index >= 15 is 0 Å². The maximum absolute atomic E-state index is 12.2. The van der Waals surface area contributed by atoms with E-state index in [1.54, 1.807) is 6.07 Å². The second-order valence-electron chi connectivity index (χ2n) is 6.98. The lowest BCUT2D eigenvalue weighted by Crippen LogP contribution is -2.20. The number of phenols is 1. The Kier molecular flexibility index (Phi) is 4.74. The molecule has 0 saturated carbocycles. The summed E-state index contributed by atoms with van der Waals surface area (Å²) in [6.07, 6.45) is 8.38. The maximum Gasteiger partial charge on any atom is 0.339 e. The molecule has 3 nitrogen and oxygen atoms in total. The van der Waals surface area contributed by atoms with Crippen molar-refractivity contribution in [1.29, 1.82) is 0 Å². The van der Waals surface area contributed by atoms with Gasteiger partial charge in [0.05, 0.1) is 0 Å². The molecule has 3 heteroatoms. The van der Waals surface area contributed by atoms with Crippen LogP contribution in [-0.4, -0.2) is 5.11 Å². The van der Waals surface area contributed by atoms with Crippen LogP contribution in [0, 0.1) is 5.92 Å². The lowest BCUT2D eigenvalue weighted by molar-refractivity contribution is 0.459. The van der Waals surface area contributed by atoms with Crippen LogP contribution in [0.4, 0.5) is 0 Å². The van der Waals surface area contributed by atoms with Crippen LogP contribution in [0.1, 0.15) is 62.6 Å². The fraction of sp³-hybridized carbons (Fsp3) is 0.550. The van der Waals surface area contributed by atoms with Gasteiger partial charge in [-0.25, -0.2) is 4.79 Å². The molecular formula is C20H26O3. The zero-order chi connectivity index (χ0) is 16.4. The summed E-state index contributed by atoms with van der Waals surface area (Å²) in [6, 6.07) is 3.68. The smallest absolute Gasteiger partial charge is 0.339 e. The summed E-state index contributed by atoms with van der Waals surface area (Å²) >= 11 is 0. The molecule has 0 spiro atoms. The Balaban J connectivity index is 2.01. The van der Waals surface area contributed by atoms with E-state index in [1.807, 2.05) is 0 Å². The summed E-state index contributed by atoms with van der Waals surface area (Å²) < 4.78 is 5.46. The van der Waals surface area contributed by atoms with E-state index in [1.165, 1.54) is 19.3 Å². The van der Waals surface area contributed by atoms with Gasteiger partial charge in [-0.05, 0) is 55.2 Å².